The van der Waals surface area contributed by atoms with Crippen molar-refractivity contribution >= 4 is 11.7 Å². The zero-order valence-corrected chi connectivity index (χ0v) is 15.8. The van der Waals surface area contributed by atoms with E-state index in [0.29, 0.717) is 18.1 Å². The van der Waals surface area contributed by atoms with E-state index in [0.717, 1.165) is 25.8 Å². The summed E-state index contributed by atoms with van der Waals surface area (Å²) >= 11 is 0. The maximum Gasteiger partial charge on any atom is 0.271 e. The lowest BCUT2D eigenvalue weighted by atomic mass is 9.97. The summed E-state index contributed by atoms with van der Waals surface area (Å²) in [6.45, 7) is 1.48. The van der Waals surface area contributed by atoms with Gasteiger partial charge < -0.3 is 10.6 Å². The van der Waals surface area contributed by atoms with Gasteiger partial charge in [-0.1, -0.05) is 42.0 Å². The summed E-state index contributed by atoms with van der Waals surface area (Å²) in [4.78, 5) is 20.7. The molecule has 0 spiro atoms. The molecule has 0 saturated heterocycles. The van der Waals surface area contributed by atoms with Crippen molar-refractivity contribution in [3.8, 4) is 0 Å². The summed E-state index contributed by atoms with van der Waals surface area (Å²) in [5, 5.41) is 6.19. The van der Waals surface area contributed by atoms with Crippen LogP contribution in [0.25, 0.3) is 0 Å². The van der Waals surface area contributed by atoms with Crippen molar-refractivity contribution in [1.82, 2.24) is 15.3 Å². The molecule has 0 radical (unpaired) electrons. The lowest BCUT2D eigenvalue weighted by Gasteiger charge is -2.13. The Morgan fingerprint density at radius 3 is 2.63 bits per heavy atom. The Kier molecular flexibility index (Phi) is 7.39. The highest BCUT2D eigenvalue weighted by molar-refractivity contribution is 5.91. The van der Waals surface area contributed by atoms with Crippen LogP contribution in [0.2, 0.25) is 0 Å². The average Bonchev–Trinajstić information content (AvgIpc) is 2.73. The first kappa shape index (κ1) is 19.1. The first-order chi connectivity index (χ1) is 13.3. The van der Waals surface area contributed by atoms with E-state index in [4.69, 9.17) is 0 Å². The molecule has 5 heteroatoms. The maximum atomic E-state index is 12.1. The van der Waals surface area contributed by atoms with Gasteiger partial charge in [0.15, 0.2) is 0 Å². The molecule has 1 aromatic heterocycles. The van der Waals surface area contributed by atoms with Crippen LogP contribution in [-0.4, -0.2) is 29.0 Å². The van der Waals surface area contributed by atoms with Gasteiger partial charge in [-0.2, -0.15) is 0 Å². The molecule has 3 rings (SSSR count). The monoisotopic (exact) mass is 364 g/mol. The van der Waals surface area contributed by atoms with Crippen LogP contribution in [-0.2, 0) is 6.42 Å². The number of aryl methyl sites for hydroxylation is 1. The maximum absolute atomic E-state index is 12.1. The van der Waals surface area contributed by atoms with Crippen LogP contribution < -0.4 is 10.6 Å². The largest absolute Gasteiger partial charge is 0.368 e. The number of amides is 1. The lowest BCUT2D eigenvalue weighted by molar-refractivity contribution is 0.0948. The molecule has 1 heterocycles. The Labute approximate surface area is 161 Å². The Bertz CT molecular complexity index is 741. The zero-order valence-electron chi connectivity index (χ0n) is 15.8. The number of nitrogens with zero attached hydrogens (tertiary/aromatic N) is 2. The summed E-state index contributed by atoms with van der Waals surface area (Å²) in [6, 6.07) is 10.3. The highest BCUT2D eigenvalue weighted by Crippen LogP contribution is 2.19. The highest BCUT2D eigenvalue weighted by atomic mass is 16.1. The number of carbonyl (C=O) groups is 1. The molecule has 27 heavy (non-hydrogen) atoms. The van der Waals surface area contributed by atoms with Gasteiger partial charge in [0.25, 0.3) is 5.91 Å². The number of aromatic nitrogens is 2. The van der Waals surface area contributed by atoms with E-state index in [2.05, 4.69) is 38.8 Å². The van der Waals surface area contributed by atoms with E-state index in [9.17, 15) is 4.79 Å². The van der Waals surface area contributed by atoms with Gasteiger partial charge >= 0.3 is 0 Å². The first-order valence-corrected chi connectivity index (χ1v) is 9.87. The molecule has 0 atom stereocenters. The van der Waals surface area contributed by atoms with Crippen LogP contribution in [0.3, 0.4) is 0 Å². The Hall–Kier alpha value is -2.69. The number of nitrogens with one attached hydrogen (secondary N) is 2. The molecule has 1 aliphatic carbocycles. The van der Waals surface area contributed by atoms with Gasteiger partial charge in [-0.3, -0.25) is 4.79 Å². The van der Waals surface area contributed by atoms with E-state index in [1.807, 2.05) is 18.2 Å². The minimum Gasteiger partial charge on any atom is -0.368 e. The molecule has 0 fully saturated rings. The molecule has 1 aromatic carbocycles. The first-order valence-electron chi connectivity index (χ1n) is 9.87. The molecular weight excluding hydrogens is 336 g/mol. The van der Waals surface area contributed by atoms with Gasteiger partial charge in [0.1, 0.15) is 11.5 Å². The minimum absolute atomic E-state index is 0.172. The Morgan fingerprint density at radius 2 is 1.89 bits per heavy atom. The van der Waals surface area contributed by atoms with E-state index >= 15 is 0 Å². The summed E-state index contributed by atoms with van der Waals surface area (Å²) in [5.74, 6) is 0.543. The zero-order chi connectivity index (χ0) is 18.7. The third-order valence-electron chi connectivity index (χ3n) is 4.79. The van der Waals surface area contributed by atoms with Gasteiger partial charge in [-0.05, 0) is 50.5 Å². The molecule has 2 N–H and O–H groups in total. The van der Waals surface area contributed by atoms with E-state index in [1.165, 1.54) is 43.0 Å². The topological polar surface area (TPSA) is 66.9 Å². The van der Waals surface area contributed by atoms with Crippen LogP contribution in [0.4, 0.5) is 5.82 Å². The van der Waals surface area contributed by atoms with Gasteiger partial charge in [0, 0.05) is 13.1 Å². The Balaban J connectivity index is 1.36. The molecule has 2 aromatic rings. The fourth-order valence-corrected chi connectivity index (χ4v) is 3.25. The second-order valence-corrected chi connectivity index (χ2v) is 6.92. The predicted molar refractivity (Wildman–Crippen MR) is 109 cm³/mol. The molecule has 0 unspecified atom stereocenters. The molecule has 142 valence electrons. The molecule has 5 nitrogen and oxygen atoms in total. The smallest absolute Gasteiger partial charge is 0.271 e. The third kappa shape index (κ3) is 6.51. The summed E-state index contributed by atoms with van der Waals surface area (Å²) < 4.78 is 0. The van der Waals surface area contributed by atoms with Crippen LogP contribution in [0.15, 0.2) is 54.4 Å². The standard InChI is InChI=1S/C22H28N4O/c27-22(24-14-7-12-18-8-3-1-4-9-18)20-16-26-21(17-25-20)23-15-13-19-10-5-2-6-11-19/h1,3-4,8-10,16-17H,2,5-7,11-15H2,(H,23,26)(H,24,27). The van der Waals surface area contributed by atoms with Crippen molar-refractivity contribution in [2.45, 2.75) is 44.9 Å². The van der Waals surface area contributed by atoms with Crippen LogP contribution in [0, 0.1) is 0 Å². The fraction of sp³-hybridized carbons (Fsp3) is 0.409. The molecule has 1 aliphatic rings. The van der Waals surface area contributed by atoms with Crippen molar-refractivity contribution < 1.29 is 4.79 Å². The summed E-state index contributed by atoms with van der Waals surface area (Å²) in [7, 11) is 0. The van der Waals surface area contributed by atoms with Crippen molar-refractivity contribution in [1.29, 1.82) is 0 Å². The fourth-order valence-electron chi connectivity index (χ4n) is 3.25. The van der Waals surface area contributed by atoms with E-state index < -0.39 is 0 Å². The lowest BCUT2D eigenvalue weighted by Crippen LogP contribution is -2.26. The number of hydrogen-bond acceptors (Lipinski definition) is 4. The number of carbonyl (C=O) groups excluding carboxylic acids is 1. The number of benzene rings is 1. The second-order valence-electron chi connectivity index (χ2n) is 6.92. The van der Waals surface area contributed by atoms with Gasteiger partial charge in [0.05, 0.1) is 12.4 Å². The van der Waals surface area contributed by atoms with Crippen LogP contribution in [0.5, 0.6) is 0 Å². The number of rotatable bonds is 9. The molecule has 0 saturated carbocycles. The van der Waals surface area contributed by atoms with Gasteiger partial charge in [-0.25, -0.2) is 9.97 Å². The molecular formula is C22H28N4O. The second kappa shape index (κ2) is 10.5. The van der Waals surface area contributed by atoms with Crippen molar-refractivity contribution in [2.24, 2.45) is 0 Å². The number of allylic oxidation sites excluding steroid dienone is 1. The van der Waals surface area contributed by atoms with Crippen LogP contribution in [0.1, 0.15) is 54.6 Å². The van der Waals surface area contributed by atoms with Crippen LogP contribution >= 0.6 is 0 Å². The number of hydrogen-bond donors (Lipinski definition) is 2. The SMILES string of the molecule is O=C(NCCCc1ccccc1)c1cnc(NCCC2=CCCCC2)cn1. The quantitative estimate of drug-likeness (QED) is 0.518. The summed E-state index contributed by atoms with van der Waals surface area (Å²) in [6.07, 6.45) is 13.5. The average molecular weight is 364 g/mol. The minimum atomic E-state index is -0.172. The van der Waals surface area contributed by atoms with E-state index in [-0.39, 0.29) is 5.91 Å². The van der Waals surface area contributed by atoms with Crippen molar-refractivity contribution in [3.63, 3.8) is 0 Å². The Morgan fingerprint density at radius 1 is 1.00 bits per heavy atom. The molecule has 0 aliphatic heterocycles. The summed E-state index contributed by atoms with van der Waals surface area (Å²) in [5.41, 5.74) is 3.18. The van der Waals surface area contributed by atoms with Gasteiger partial charge in [-0.15, -0.1) is 0 Å². The highest BCUT2D eigenvalue weighted by Gasteiger charge is 2.08. The third-order valence-corrected chi connectivity index (χ3v) is 4.79. The van der Waals surface area contributed by atoms with Crippen molar-refractivity contribution in [3.05, 3.63) is 65.6 Å². The van der Waals surface area contributed by atoms with Crippen molar-refractivity contribution in [2.75, 3.05) is 18.4 Å². The number of anilines is 1. The normalized spacial score (nSPS) is 13.7. The molecule has 1 amide bonds. The predicted octanol–water partition coefficient (Wildman–Crippen LogP) is 4.14. The molecule has 0 bridgehead atoms. The van der Waals surface area contributed by atoms with E-state index in [1.54, 1.807) is 6.20 Å². The van der Waals surface area contributed by atoms with Gasteiger partial charge in [0.2, 0.25) is 0 Å².